The van der Waals surface area contributed by atoms with Gasteiger partial charge in [-0.25, -0.2) is 8.42 Å². The van der Waals surface area contributed by atoms with Gasteiger partial charge in [-0.3, -0.25) is 13.9 Å². The Morgan fingerprint density at radius 1 is 0.898 bits per heavy atom. The molecule has 2 atom stereocenters. The van der Waals surface area contributed by atoms with E-state index in [9.17, 15) is 31.2 Å². The van der Waals surface area contributed by atoms with Crippen molar-refractivity contribution < 1.29 is 35.9 Å². The van der Waals surface area contributed by atoms with Crippen molar-refractivity contribution in [2.24, 2.45) is 0 Å². The lowest BCUT2D eigenvalue weighted by atomic mass is 10.0. The van der Waals surface area contributed by atoms with Gasteiger partial charge < -0.3 is 15.0 Å². The van der Waals surface area contributed by atoms with Gasteiger partial charge in [-0.1, -0.05) is 79.2 Å². The molecule has 0 saturated heterocycles. The second kappa shape index (κ2) is 16.2. The zero-order chi connectivity index (χ0) is 35.8. The fourth-order valence-electron chi connectivity index (χ4n) is 5.10. The maximum absolute atomic E-state index is 14.6. The van der Waals surface area contributed by atoms with Crippen molar-refractivity contribution in [3.8, 4) is 5.75 Å². The van der Waals surface area contributed by atoms with E-state index in [1.54, 1.807) is 54.6 Å². The molecule has 13 heteroatoms. The molecule has 0 radical (unpaired) electrons. The third kappa shape index (κ3) is 9.54. The fraction of sp³-hybridized carbons (Fsp3) is 0.278. The first-order valence-corrected chi connectivity index (χ1v) is 17.3. The van der Waals surface area contributed by atoms with Crippen LogP contribution in [0, 0.1) is 0 Å². The van der Waals surface area contributed by atoms with Crippen LogP contribution in [-0.4, -0.2) is 50.9 Å². The number of hydrogen-bond donors (Lipinski definition) is 1. The predicted molar refractivity (Wildman–Crippen MR) is 183 cm³/mol. The second-order valence-electron chi connectivity index (χ2n) is 11.4. The van der Waals surface area contributed by atoms with E-state index in [1.807, 2.05) is 19.9 Å². The number of anilines is 1. The molecule has 0 heterocycles. The Morgan fingerprint density at radius 2 is 1.53 bits per heavy atom. The van der Waals surface area contributed by atoms with Gasteiger partial charge in [0, 0.05) is 19.0 Å². The van der Waals surface area contributed by atoms with Crippen LogP contribution >= 0.6 is 11.6 Å². The summed E-state index contributed by atoms with van der Waals surface area (Å²) in [6.07, 6.45) is -4.23. The smallest absolute Gasteiger partial charge is 0.417 e. The van der Waals surface area contributed by atoms with Crippen molar-refractivity contribution in [1.29, 1.82) is 0 Å². The Balaban J connectivity index is 1.87. The largest absolute Gasteiger partial charge is 0.497 e. The predicted octanol–water partition coefficient (Wildman–Crippen LogP) is 7.12. The molecule has 0 saturated carbocycles. The monoisotopic (exact) mass is 715 g/mol. The standard InChI is InChI=1S/C36H37ClF3N3O5S/c1-4-25(2)41-35(45)33(21-26-12-7-5-8-13-26)42(23-27-14-11-15-29(20-27)48-3)34(44)24-43(49(46,47)30-16-9-6-10-17-30)28-18-19-32(37)31(22-28)36(38,39)40/h5-20,22,25,33H,4,21,23-24H2,1-3H3,(H,41,45)/t25-,33+/m1/s1. The van der Waals surface area contributed by atoms with Gasteiger partial charge >= 0.3 is 6.18 Å². The van der Waals surface area contributed by atoms with E-state index in [0.717, 1.165) is 17.7 Å². The van der Waals surface area contributed by atoms with Crippen LogP contribution in [0.2, 0.25) is 5.02 Å². The van der Waals surface area contributed by atoms with E-state index < -0.39 is 56.9 Å². The van der Waals surface area contributed by atoms with E-state index in [4.69, 9.17) is 16.3 Å². The summed E-state index contributed by atoms with van der Waals surface area (Å²) in [5.74, 6) is -0.813. The van der Waals surface area contributed by atoms with Crippen molar-refractivity contribution in [2.75, 3.05) is 18.0 Å². The van der Waals surface area contributed by atoms with Crippen LogP contribution in [0.5, 0.6) is 5.75 Å². The van der Waals surface area contributed by atoms with Gasteiger partial charge in [-0.2, -0.15) is 13.2 Å². The number of halogens is 4. The molecule has 0 spiro atoms. The van der Waals surface area contributed by atoms with Crippen LogP contribution in [0.15, 0.2) is 108 Å². The topological polar surface area (TPSA) is 96.0 Å². The summed E-state index contributed by atoms with van der Waals surface area (Å²) in [6, 6.07) is 24.1. The van der Waals surface area contributed by atoms with Crippen molar-refractivity contribution in [3.63, 3.8) is 0 Å². The van der Waals surface area contributed by atoms with Gasteiger partial charge in [-0.15, -0.1) is 0 Å². The molecule has 4 aromatic carbocycles. The lowest BCUT2D eigenvalue weighted by Gasteiger charge is -2.34. The molecule has 0 fully saturated rings. The molecular weight excluding hydrogens is 679 g/mol. The summed E-state index contributed by atoms with van der Waals surface area (Å²) in [5, 5.41) is 2.30. The Kier molecular flexibility index (Phi) is 12.3. The average Bonchev–Trinajstić information content (AvgIpc) is 3.09. The molecule has 0 unspecified atom stereocenters. The summed E-state index contributed by atoms with van der Waals surface area (Å²) < 4.78 is 76.1. The minimum Gasteiger partial charge on any atom is -0.497 e. The average molecular weight is 716 g/mol. The van der Waals surface area contributed by atoms with Crippen molar-refractivity contribution in [3.05, 3.63) is 125 Å². The molecule has 0 aliphatic heterocycles. The summed E-state index contributed by atoms with van der Waals surface area (Å²) in [4.78, 5) is 29.5. The van der Waals surface area contributed by atoms with Crippen LogP contribution < -0.4 is 14.4 Å². The molecule has 8 nitrogen and oxygen atoms in total. The van der Waals surface area contributed by atoms with Gasteiger partial charge in [0.15, 0.2) is 0 Å². The number of sulfonamides is 1. The summed E-state index contributed by atoms with van der Waals surface area (Å²) >= 11 is 5.88. The summed E-state index contributed by atoms with van der Waals surface area (Å²) in [5.41, 5.74) is -0.392. The zero-order valence-electron chi connectivity index (χ0n) is 27.2. The van der Waals surface area contributed by atoms with Gasteiger partial charge in [-0.05, 0) is 66.9 Å². The second-order valence-corrected chi connectivity index (χ2v) is 13.7. The number of ether oxygens (including phenoxy) is 1. The Labute approximate surface area is 289 Å². The zero-order valence-corrected chi connectivity index (χ0v) is 28.7. The number of alkyl halides is 3. The molecule has 0 aromatic heterocycles. The number of amides is 2. The Hall–Kier alpha value is -4.55. The minimum atomic E-state index is -4.91. The number of nitrogens with one attached hydrogen (secondary N) is 1. The van der Waals surface area contributed by atoms with Crippen molar-refractivity contribution in [2.45, 2.75) is 56.4 Å². The highest BCUT2D eigenvalue weighted by Crippen LogP contribution is 2.38. The van der Waals surface area contributed by atoms with Gasteiger partial charge in [0.25, 0.3) is 10.0 Å². The Bertz CT molecular complexity index is 1840. The molecule has 49 heavy (non-hydrogen) atoms. The van der Waals surface area contributed by atoms with Crippen LogP contribution in [0.3, 0.4) is 0 Å². The van der Waals surface area contributed by atoms with Crippen LogP contribution in [0.1, 0.15) is 37.0 Å². The van der Waals surface area contributed by atoms with Gasteiger partial charge in [0.05, 0.1) is 28.3 Å². The van der Waals surface area contributed by atoms with E-state index in [2.05, 4.69) is 5.32 Å². The van der Waals surface area contributed by atoms with Crippen molar-refractivity contribution >= 4 is 39.1 Å². The highest BCUT2D eigenvalue weighted by atomic mass is 35.5. The third-order valence-corrected chi connectivity index (χ3v) is 10.0. The number of methoxy groups -OCH3 is 1. The number of carbonyl (C=O) groups is 2. The molecule has 2 amide bonds. The number of benzene rings is 4. The van der Waals surface area contributed by atoms with E-state index >= 15 is 0 Å². The maximum atomic E-state index is 14.6. The minimum absolute atomic E-state index is 0.0728. The normalized spacial score (nSPS) is 12.9. The van der Waals surface area contributed by atoms with Gasteiger partial charge in [0.1, 0.15) is 18.3 Å². The van der Waals surface area contributed by atoms with E-state index in [1.165, 1.54) is 36.3 Å². The molecule has 0 aliphatic rings. The van der Waals surface area contributed by atoms with Crippen LogP contribution in [0.25, 0.3) is 0 Å². The summed E-state index contributed by atoms with van der Waals surface area (Å²) in [6.45, 7) is 2.64. The highest BCUT2D eigenvalue weighted by molar-refractivity contribution is 7.92. The fourth-order valence-corrected chi connectivity index (χ4v) is 6.75. The number of carbonyl (C=O) groups excluding carboxylic acids is 2. The highest BCUT2D eigenvalue weighted by Gasteiger charge is 2.38. The molecule has 1 N–H and O–H groups in total. The Morgan fingerprint density at radius 3 is 2.14 bits per heavy atom. The first-order chi connectivity index (χ1) is 23.2. The first kappa shape index (κ1) is 37.3. The van der Waals surface area contributed by atoms with Crippen LogP contribution in [-0.2, 0) is 38.8 Å². The van der Waals surface area contributed by atoms with Gasteiger partial charge in [0.2, 0.25) is 11.8 Å². The molecule has 0 bridgehead atoms. The third-order valence-electron chi connectivity index (χ3n) is 7.91. The van der Waals surface area contributed by atoms with Crippen molar-refractivity contribution in [1.82, 2.24) is 10.2 Å². The lowest BCUT2D eigenvalue weighted by molar-refractivity contribution is -0.140. The van der Waals surface area contributed by atoms with E-state index in [0.29, 0.717) is 28.1 Å². The molecule has 0 aliphatic carbocycles. The number of hydrogen-bond acceptors (Lipinski definition) is 5. The quantitative estimate of drug-likeness (QED) is 0.150. The molecule has 4 aromatic rings. The number of nitrogens with zero attached hydrogens (tertiary/aromatic N) is 2. The molecular formula is C36H37ClF3N3O5S. The molecule has 4 rings (SSSR count). The number of rotatable bonds is 14. The van der Waals surface area contributed by atoms with E-state index in [-0.39, 0.29) is 23.9 Å². The lowest BCUT2D eigenvalue weighted by Crippen LogP contribution is -2.54. The first-order valence-electron chi connectivity index (χ1n) is 15.5. The maximum Gasteiger partial charge on any atom is 0.417 e. The SMILES string of the molecule is CC[C@@H](C)NC(=O)[C@H](Cc1ccccc1)N(Cc1cccc(OC)c1)C(=O)CN(c1ccc(Cl)c(C(F)(F)F)c1)S(=O)(=O)c1ccccc1. The molecule has 260 valence electrons. The summed E-state index contributed by atoms with van der Waals surface area (Å²) in [7, 11) is -3.13. The van der Waals surface area contributed by atoms with Crippen LogP contribution in [0.4, 0.5) is 18.9 Å².